The third-order valence-electron chi connectivity index (χ3n) is 3.81. The number of carbonyl (C=O) groups is 1. The Morgan fingerprint density at radius 1 is 1.61 bits per heavy atom. The van der Waals surface area contributed by atoms with Gasteiger partial charge in [0.25, 0.3) is 0 Å². The molecule has 0 spiro atoms. The maximum absolute atomic E-state index is 11.1. The Balaban J connectivity index is 1.85. The van der Waals surface area contributed by atoms with E-state index in [4.69, 9.17) is 0 Å². The van der Waals surface area contributed by atoms with Gasteiger partial charge in [-0.2, -0.15) is 0 Å². The minimum Gasteiger partial charge on any atom is -0.469 e. The molecular weight excluding hydrogens is 248 g/mol. The molecule has 0 saturated heterocycles. The highest BCUT2D eigenvalue weighted by molar-refractivity contribution is 7.13. The van der Waals surface area contributed by atoms with E-state index in [1.165, 1.54) is 20.0 Å². The molecule has 1 aromatic rings. The maximum Gasteiger partial charge on any atom is 0.311 e. The third kappa shape index (κ3) is 3.02. The average molecular weight is 268 g/mol. The normalized spacial score (nSPS) is 16.7. The minimum atomic E-state index is -0.243. The number of aromatic nitrogens is 1. The molecule has 2 rings (SSSR count). The van der Waals surface area contributed by atoms with E-state index in [2.05, 4.69) is 28.9 Å². The number of thiazole rings is 1. The van der Waals surface area contributed by atoms with Crippen molar-refractivity contribution < 1.29 is 9.53 Å². The van der Waals surface area contributed by atoms with Crippen LogP contribution in [0.3, 0.4) is 0 Å². The van der Waals surface area contributed by atoms with E-state index in [-0.39, 0.29) is 12.4 Å². The molecule has 0 aliphatic heterocycles. The first-order valence-electron chi connectivity index (χ1n) is 6.31. The van der Waals surface area contributed by atoms with Crippen LogP contribution < -0.4 is 5.32 Å². The number of anilines is 1. The summed E-state index contributed by atoms with van der Waals surface area (Å²) in [6.07, 6.45) is 2.86. The zero-order valence-electron chi connectivity index (χ0n) is 11.2. The largest absolute Gasteiger partial charge is 0.469 e. The smallest absolute Gasteiger partial charge is 0.311 e. The van der Waals surface area contributed by atoms with Gasteiger partial charge in [-0.1, -0.05) is 13.8 Å². The van der Waals surface area contributed by atoms with Crippen LogP contribution in [0.1, 0.15) is 32.4 Å². The van der Waals surface area contributed by atoms with Crippen LogP contribution in [0.4, 0.5) is 5.13 Å². The molecule has 0 amide bonds. The molecule has 0 aromatic carbocycles. The fraction of sp³-hybridized carbons (Fsp3) is 0.692. The molecule has 1 saturated carbocycles. The molecule has 100 valence electrons. The number of methoxy groups -OCH3 is 1. The number of nitrogens with one attached hydrogen (secondary N) is 1. The van der Waals surface area contributed by atoms with Crippen LogP contribution in [0.25, 0.3) is 0 Å². The molecule has 1 aromatic heterocycles. The van der Waals surface area contributed by atoms with Gasteiger partial charge in [0.05, 0.1) is 19.2 Å². The second-order valence-corrected chi connectivity index (χ2v) is 6.13. The van der Waals surface area contributed by atoms with E-state index in [1.807, 2.05) is 5.38 Å². The van der Waals surface area contributed by atoms with Crippen molar-refractivity contribution in [2.24, 2.45) is 11.3 Å². The van der Waals surface area contributed by atoms with Crippen molar-refractivity contribution in [2.45, 2.75) is 33.1 Å². The van der Waals surface area contributed by atoms with Crippen LogP contribution in [-0.2, 0) is 16.0 Å². The highest BCUT2D eigenvalue weighted by Crippen LogP contribution is 2.51. The molecule has 0 unspecified atom stereocenters. The molecule has 4 nitrogen and oxygen atoms in total. The molecule has 0 atom stereocenters. The molecule has 1 aliphatic rings. The Labute approximate surface area is 112 Å². The summed E-state index contributed by atoms with van der Waals surface area (Å²) in [7, 11) is 1.40. The lowest BCUT2D eigenvalue weighted by molar-refractivity contribution is -0.139. The Morgan fingerprint density at radius 3 is 2.89 bits per heavy atom. The van der Waals surface area contributed by atoms with E-state index in [1.54, 1.807) is 11.3 Å². The quantitative estimate of drug-likeness (QED) is 0.806. The van der Waals surface area contributed by atoms with Crippen molar-refractivity contribution in [1.29, 1.82) is 0 Å². The van der Waals surface area contributed by atoms with Crippen molar-refractivity contribution in [3.8, 4) is 0 Å². The Morgan fingerprint density at radius 2 is 2.33 bits per heavy atom. The highest BCUT2D eigenvalue weighted by atomic mass is 32.1. The number of ether oxygens (including phenoxy) is 1. The second kappa shape index (κ2) is 5.26. The van der Waals surface area contributed by atoms with Crippen LogP contribution in [0.2, 0.25) is 0 Å². The first-order chi connectivity index (χ1) is 8.55. The van der Waals surface area contributed by atoms with Crippen molar-refractivity contribution in [1.82, 2.24) is 4.98 Å². The molecule has 0 bridgehead atoms. The lowest BCUT2D eigenvalue weighted by Crippen LogP contribution is -2.20. The molecule has 5 heteroatoms. The van der Waals surface area contributed by atoms with E-state index in [0.717, 1.165) is 17.4 Å². The van der Waals surface area contributed by atoms with Gasteiger partial charge in [-0.05, 0) is 24.2 Å². The topological polar surface area (TPSA) is 51.2 Å². The van der Waals surface area contributed by atoms with E-state index in [9.17, 15) is 4.79 Å². The first kappa shape index (κ1) is 13.3. The van der Waals surface area contributed by atoms with Gasteiger partial charge in [0, 0.05) is 11.9 Å². The summed E-state index contributed by atoms with van der Waals surface area (Å²) < 4.78 is 4.62. The minimum absolute atomic E-state index is 0.243. The monoisotopic (exact) mass is 268 g/mol. The molecule has 18 heavy (non-hydrogen) atoms. The molecule has 1 aliphatic carbocycles. The van der Waals surface area contributed by atoms with E-state index in [0.29, 0.717) is 11.3 Å². The molecule has 0 radical (unpaired) electrons. The van der Waals surface area contributed by atoms with E-state index < -0.39 is 0 Å². The summed E-state index contributed by atoms with van der Waals surface area (Å²) in [5, 5.41) is 6.21. The number of rotatable bonds is 6. The van der Waals surface area contributed by atoms with Gasteiger partial charge >= 0.3 is 5.97 Å². The van der Waals surface area contributed by atoms with Crippen molar-refractivity contribution in [3.63, 3.8) is 0 Å². The third-order valence-corrected chi connectivity index (χ3v) is 4.66. The van der Waals surface area contributed by atoms with Gasteiger partial charge < -0.3 is 10.1 Å². The fourth-order valence-electron chi connectivity index (χ4n) is 2.06. The van der Waals surface area contributed by atoms with Gasteiger partial charge in [-0.15, -0.1) is 11.3 Å². The molecule has 1 N–H and O–H groups in total. The van der Waals surface area contributed by atoms with Crippen LogP contribution >= 0.6 is 11.3 Å². The van der Waals surface area contributed by atoms with E-state index >= 15 is 0 Å². The average Bonchev–Trinajstić information content (AvgIpc) is 3.02. The number of hydrogen-bond donors (Lipinski definition) is 1. The summed E-state index contributed by atoms with van der Waals surface area (Å²) in [5.74, 6) is 0.465. The van der Waals surface area contributed by atoms with Gasteiger partial charge in [0.1, 0.15) is 0 Å². The Bertz CT molecular complexity index is 424. The second-order valence-electron chi connectivity index (χ2n) is 5.27. The zero-order chi connectivity index (χ0) is 13.2. The number of esters is 1. The van der Waals surface area contributed by atoms with Crippen molar-refractivity contribution >= 4 is 22.4 Å². The van der Waals surface area contributed by atoms with Gasteiger partial charge in [-0.25, -0.2) is 4.98 Å². The fourth-order valence-corrected chi connectivity index (χ4v) is 2.77. The predicted molar refractivity (Wildman–Crippen MR) is 72.8 cm³/mol. The maximum atomic E-state index is 11.1. The van der Waals surface area contributed by atoms with Crippen LogP contribution in [-0.4, -0.2) is 24.6 Å². The Kier molecular flexibility index (Phi) is 3.90. The summed E-state index contributed by atoms with van der Waals surface area (Å²) in [6, 6.07) is 0. The summed E-state index contributed by atoms with van der Waals surface area (Å²) in [4.78, 5) is 15.5. The standard InChI is InChI=1S/C13H20N2O2S/c1-9(2)13(4-5-13)8-14-12-15-10(7-18-12)6-11(16)17-3/h7,9H,4-6,8H2,1-3H3,(H,14,15). The molecule has 1 fully saturated rings. The lowest BCUT2D eigenvalue weighted by Gasteiger charge is -2.19. The van der Waals surface area contributed by atoms with Crippen LogP contribution in [0.15, 0.2) is 5.38 Å². The zero-order valence-corrected chi connectivity index (χ0v) is 12.0. The van der Waals surface area contributed by atoms with Crippen LogP contribution in [0.5, 0.6) is 0 Å². The number of nitrogens with zero attached hydrogens (tertiary/aromatic N) is 1. The molecule has 1 heterocycles. The van der Waals surface area contributed by atoms with Crippen molar-refractivity contribution in [2.75, 3.05) is 19.0 Å². The first-order valence-corrected chi connectivity index (χ1v) is 7.19. The summed E-state index contributed by atoms with van der Waals surface area (Å²) in [6.45, 7) is 5.54. The predicted octanol–water partition coefficient (Wildman–Crippen LogP) is 2.71. The van der Waals surface area contributed by atoms with Gasteiger partial charge in [0.2, 0.25) is 0 Å². The van der Waals surface area contributed by atoms with Crippen LogP contribution in [0, 0.1) is 11.3 Å². The SMILES string of the molecule is COC(=O)Cc1csc(NCC2(C(C)C)CC2)n1. The molecular formula is C13H20N2O2S. The number of hydrogen-bond acceptors (Lipinski definition) is 5. The summed E-state index contributed by atoms with van der Waals surface area (Å²) in [5.41, 5.74) is 1.25. The lowest BCUT2D eigenvalue weighted by atomic mass is 9.92. The Hall–Kier alpha value is -1.10. The van der Waals surface area contributed by atoms with Gasteiger partial charge in [0.15, 0.2) is 5.13 Å². The highest BCUT2D eigenvalue weighted by Gasteiger charge is 2.45. The number of carbonyl (C=O) groups excluding carboxylic acids is 1. The van der Waals surface area contributed by atoms with Crippen molar-refractivity contribution in [3.05, 3.63) is 11.1 Å². The summed E-state index contributed by atoms with van der Waals surface area (Å²) >= 11 is 1.55. The van der Waals surface area contributed by atoms with Gasteiger partial charge in [-0.3, -0.25) is 4.79 Å².